The van der Waals surface area contributed by atoms with Crippen LogP contribution >= 0.6 is 0 Å². The highest BCUT2D eigenvalue weighted by atomic mass is 32.2. The molecular formula is C11H13FN2OS. The lowest BCUT2D eigenvalue weighted by Gasteiger charge is -2.08. The van der Waals surface area contributed by atoms with Crippen molar-refractivity contribution < 1.29 is 8.60 Å². The first-order valence-electron chi connectivity index (χ1n) is 4.83. The molecule has 86 valence electrons. The predicted molar refractivity (Wildman–Crippen MR) is 61.5 cm³/mol. The van der Waals surface area contributed by atoms with Crippen molar-refractivity contribution in [2.75, 3.05) is 6.54 Å². The molecule has 0 saturated carbocycles. The number of nitriles is 1. The van der Waals surface area contributed by atoms with E-state index in [9.17, 15) is 8.60 Å². The van der Waals surface area contributed by atoms with Crippen molar-refractivity contribution in [3.63, 3.8) is 0 Å². The molecule has 0 fully saturated rings. The van der Waals surface area contributed by atoms with Crippen LogP contribution in [0.5, 0.6) is 0 Å². The minimum atomic E-state index is -1.14. The summed E-state index contributed by atoms with van der Waals surface area (Å²) >= 11 is 0. The number of benzene rings is 1. The van der Waals surface area contributed by atoms with Crippen molar-refractivity contribution in [2.24, 2.45) is 5.73 Å². The third kappa shape index (κ3) is 3.40. The van der Waals surface area contributed by atoms with Gasteiger partial charge in [0, 0.05) is 28.3 Å². The van der Waals surface area contributed by atoms with E-state index in [4.69, 9.17) is 11.0 Å². The highest BCUT2D eigenvalue weighted by molar-refractivity contribution is 7.84. The van der Waals surface area contributed by atoms with E-state index >= 15 is 0 Å². The minimum Gasteiger partial charge on any atom is -0.329 e. The Bertz CT molecular complexity index is 442. The molecule has 0 aliphatic rings. The normalized spacial score (nSPS) is 14.1. The van der Waals surface area contributed by atoms with E-state index in [1.165, 1.54) is 6.07 Å². The predicted octanol–water partition coefficient (Wildman–Crippen LogP) is 1.29. The van der Waals surface area contributed by atoms with Gasteiger partial charge in [0.15, 0.2) is 0 Å². The molecule has 0 radical (unpaired) electrons. The van der Waals surface area contributed by atoms with Crippen molar-refractivity contribution in [2.45, 2.75) is 17.9 Å². The van der Waals surface area contributed by atoms with Gasteiger partial charge < -0.3 is 5.73 Å². The summed E-state index contributed by atoms with van der Waals surface area (Å²) in [5.74, 6) is -0.253. The quantitative estimate of drug-likeness (QED) is 0.862. The summed E-state index contributed by atoms with van der Waals surface area (Å²) in [6, 6.07) is 5.85. The summed E-state index contributed by atoms with van der Waals surface area (Å²) in [7, 11) is -1.14. The molecule has 16 heavy (non-hydrogen) atoms. The summed E-state index contributed by atoms with van der Waals surface area (Å²) in [6.45, 7) is 2.10. The number of rotatable bonds is 4. The standard InChI is InChI=1S/C11H13FN2OS/c1-8(5-13)16(15)7-10-2-9(6-14)3-11(12)4-10/h2-4,8H,5,7,13H2,1H3. The van der Waals surface area contributed by atoms with Crippen LogP contribution in [0.4, 0.5) is 4.39 Å². The second-order valence-electron chi connectivity index (χ2n) is 3.53. The third-order valence-corrected chi connectivity index (χ3v) is 3.88. The molecule has 0 bridgehead atoms. The molecule has 3 nitrogen and oxygen atoms in total. The fourth-order valence-electron chi connectivity index (χ4n) is 1.21. The summed E-state index contributed by atoms with van der Waals surface area (Å²) in [6.07, 6.45) is 0. The van der Waals surface area contributed by atoms with Gasteiger partial charge in [-0.1, -0.05) is 0 Å². The van der Waals surface area contributed by atoms with Crippen LogP contribution in [0.1, 0.15) is 18.1 Å². The van der Waals surface area contributed by atoms with Crippen LogP contribution in [0, 0.1) is 17.1 Å². The van der Waals surface area contributed by atoms with Gasteiger partial charge in [-0.3, -0.25) is 4.21 Å². The summed E-state index contributed by atoms with van der Waals surface area (Å²) < 4.78 is 24.8. The number of hydrogen-bond donors (Lipinski definition) is 1. The summed E-state index contributed by atoms with van der Waals surface area (Å²) in [4.78, 5) is 0. The molecule has 2 atom stereocenters. The molecule has 0 aliphatic carbocycles. The van der Waals surface area contributed by atoms with Crippen molar-refractivity contribution in [3.8, 4) is 6.07 Å². The van der Waals surface area contributed by atoms with Gasteiger partial charge in [0.25, 0.3) is 0 Å². The van der Waals surface area contributed by atoms with Crippen LogP contribution in [0.25, 0.3) is 0 Å². The molecule has 0 aromatic heterocycles. The van der Waals surface area contributed by atoms with Gasteiger partial charge in [0.05, 0.1) is 11.6 Å². The first-order chi connectivity index (χ1) is 7.56. The highest BCUT2D eigenvalue weighted by Gasteiger charge is 2.11. The van der Waals surface area contributed by atoms with Crippen molar-refractivity contribution >= 4 is 10.8 Å². The number of nitrogens with two attached hydrogens (primary N) is 1. The lowest BCUT2D eigenvalue weighted by atomic mass is 10.1. The topological polar surface area (TPSA) is 66.9 Å². The summed E-state index contributed by atoms with van der Waals surface area (Å²) in [5.41, 5.74) is 6.20. The Morgan fingerprint density at radius 3 is 2.81 bits per heavy atom. The number of hydrogen-bond acceptors (Lipinski definition) is 3. The fraction of sp³-hybridized carbons (Fsp3) is 0.364. The Labute approximate surface area is 96.5 Å². The van der Waals surface area contributed by atoms with Crippen LogP contribution < -0.4 is 5.73 Å². The van der Waals surface area contributed by atoms with Crippen LogP contribution in [0.15, 0.2) is 18.2 Å². The molecule has 5 heteroatoms. The lowest BCUT2D eigenvalue weighted by Crippen LogP contribution is -2.22. The molecule has 2 unspecified atom stereocenters. The second-order valence-corrected chi connectivity index (χ2v) is 5.39. The van der Waals surface area contributed by atoms with Crippen LogP contribution in [-0.2, 0) is 16.6 Å². The molecular weight excluding hydrogens is 227 g/mol. The largest absolute Gasteiger partial charge is 0.329 e. The molecule has 0 spiro atoms. The van der Waals surface area contributed by atoms with Gasteiger partial charge in [-0.25, -0.2) is 4.39 Å². The molecule has 0 heterocycles. The van der Waals surface area contributed by atoms with E-state index in [2.05, 4.69) is 0 Å². The maximum Gasteiger partial charge on any atom is 0.124 e. The zero-order valence-electron chi connectivity index (χ0n) is 8.94. The first kappa shape index (κ1) is 12.8. The van der Waals surface area contributed by atoms with Crippen LogP contribution in [0.2, 0.25) is 0 Å². The first-order valence-corrected chi connectivity index (χ1v) is 6.22. The van der Waals surface area contributed by atoms with Crippen LogP contribution in [-0.4, -0.2) is 16.0 Å². The van der Waals surface area contributed by atoms with Gasteiger partial charge in [0.2, 0.25) is 0 Å². The number of halogens is 1. The maximum absolute atomic E-state index is 13.1. The Morgan fingerprint density at radius 2 is 2.25 bits per heavy atom. The smallest absolute Gasteiger partial charge is 0.124 e. The van der Waals surface area contributed by atoms with Crippen molar-refractivity contribution in [1.29, 1.82) is 5.26 Å². The van der Waals surface area contributed by atoms with Gasteiger partial charge in [-0.05, 0) is 30.7 Å². The molecule has 0 aliphatic heterocycles. The van der Waals surface area contributed by atoms with Gasteiger partial charge in [-0.2, -0.15) is 5.26 Å². The highest BCUT2D eigenvalue weighted by Crippen LogP contribution is 2.12. The minimum absolute atomic E-state index is 0.131. The van der Waals surface area contributed by atoms with E-state index in [1.54, 1.807) is 13.0 Å². The molecule has 1 rings (SSSR count). The fourth-order valence-corrected chi connectivity index (χ4v) is 2.21. The molecule has 1 aromatic rings. The lowest BCUT2D eigenvalue weighted by molar-refractivity contribution is 0.625. The SMILES string of the molecule is CC(CN)S(=O)Cc1cc(F)cc(C#N)c1. The molecule has 0 amide bonds. The van der Waals surface area contributed by atoms with Crippen molar-refractivity contribution in [3.05, 3.63) is 35.1 Å². The van der Waals surface area contributed by atoms with Crippen LogP contribution in [0.3, 0.4) is 0 Å². The molecule has 1 aromatic carbocycles. The van der Waals surface area contributed by atoms with E-state index in [0.29, 0.717) is 12.1 Å². The maximum atomic E-state index is 13.1. The summed E-state index contributed by atoms with van der Waals surface area (Å²) in [5, 5.41) is 8.53. The zero-order chi connectivity index (χ0) is 12.1. The second kappa shape index (κ2) is 5.73. The van der Waals surface area contributed by atoms with E-state index in [-0.39, 0.29) is 16.6 Å². The monoisotopic (exact) mass is 240 g/mol. The molecule has 2 N–H and O–H groups in total. The van der Waals surface area contributed by atoms with Crippen molar-refractivity contribution in [1.82, 2.24) is 0 Å². The average Bonchev–Trinajstić information content (AvgIpc) is 2.26. The van der Waals surface area contributed by atoms with E-state index in [1.807, 2.05) is 6.07 Å². The number of nitrogens with zero attached hydrogens (tertiary/aromatic N) is 1. The van der Waals surface area contributed by atoms with Gasteiger partial charge in [0.1, 0.15) is 5.82 Å². The Morgan fingerprint density at radius 1 is 1.56 bits per heavy atom. The molecule has 0 saturated heterocycles. The van der Waals surface area contributed by atoms with Gasteiger partial charge in [-0.15, -0.1) is 0 Å². The third-order valence-electron chi connectivity index (χ3n) is 2.18. The van der Waals surface area contributed by atoms with E-state index < -0.39 is 16.6 Å². The Balaban J connectivity index is 2.86. The van der Waals surface area contributed by atoms with Gasteiger partial charge >= 0.3 is 0 Å². The Hall–Kier alpha value is -1.25. The average molecular weight is 240 g/mol. The zero-order valence-corrected chi connectivity index (χ0v) is 9.76. The Kier molecular flexibility index (Phi) is 4.59. The van der Waals surface area contributed by atoms with E-state index in [0.717, 1.165) is 6.07 Å².